The molecule has 0 aliphatic carbocycles. The molecule has 1 fully saturated rings. The molecule has 3 rings (SSSR count). The smallest absolute Gasteiger partial charge is 0.228 e. The summed E-state index contributed by atoms with van der Waals surface area (Å²) in [7, 11) is 5.38. The molecular formula is C19H22FN3O2. The summed E-state index contributed by atoms with van der Waals surface area (Å²) in [5, 5.41) is 0. The van der Waals surface area contributed by atoms with Crippen molar-refractivity contribution >= 4 is 11.8 Å². The van der Waals surface area contributed by atoms with Gasteiger partial charge >= 0.3 is 0 Å². The number of carbonyl (C=O) groups is 2. The minimum Gasteiger partial charge on any atom is -0.353 e. The molecule has 2 aromatic rings. The molecule has 132 valence electrons. The number of aryl methyl sites for hydroxylation is 1. The van der Waals surface area contributed by atoms with Crippen LogP contribution in [0, 0.1) is 11.7 Å². The highest BCUT2D eigenvalue weighted by atomic mass is 19.1. The number of carbonyl (C=O) groups excluding carboxylic acids is 2. The zero-order valence-electron chi connectivity index (χ0n) is 14.6. The molecule has 1 aliphatic rings. The maximum absolute atomic E-state index is 13.2. The molecule has 0 spiro atoms. The summed E-state index contributed by atoms with van der Waals surface area (Å²) >= 11 is 0. The number of hydrogen-bond acceptors (Lipinski definition) is 2. The minimum atomic E-state index is -0.465. The van der Waals surface area contributed by atoms with Crippen LogP contribution in [0.2, 0.25) is 0 Å². The number of benzene rings is 1. The quantitative estimate of drug-likeness (QED) is 0.855. The van der Waals surface area contributed by atoms with Gasteiger partial charge in [-0.15, -0.1) is 0 Å². The lowest BCUT2D eigenvalue weighted by Gasteiger charge is -2.28. The second-order valence-corrected chi connectivity index (χ2v) is 6.62. The first-order valence-electron chi connectivity index (χ1n) is 8.25. The SMILES string of the molecule is CN(Cc1cccn1C)C(=O)[C@H]1CC(=O)N(C)[C@@H]1c1ccc(F)cc1. The van der Waals surface area contributed by atoms with Crippen molar-refractivity contribution in [2.45, 2.75) is 19.0 Å². The first-order valence-corrected chi connectivity index (χ1v) is 8.25. The third kappa shape index (κ3) is 3.29. The van der Waals surface area contributed by atoms with Crippen LogP contribution in [0.15, 0.2) is 42.6 Å². The van der Waals surface area contributed by atoms with Crippen molar-refractivity contribution in [2.24, 2.45) is 13.0 Å². The molecule has 0 radical (unpaired) electrons. The van der Waals surface area contributed by atoms with E-state index in [4.69, 9.17) is 0 Å². The van der Waals surface area contributed by atoms with Gasteiger partial charge in [0.25, 0.3) is 0 Å². The fourth-order valence-electron chi connectivity index (χ4n) is 3.47. The molecule has 1 saturated heterocycles. The van der Waals surface area contributed by atoms with Crippen LogP contribution in [0.5, 0.6) is 0 Å². The Balaban J connectivity index is 1.83. The molecule has 2 heterocycles. The van der Waals surface area contributed by atoms with Gasteiger partial charge in [0, 0.05) is 39.5 Å². The van der Waals surface area contributed by atoms with Gasteiger partial charge in [0.15, 0.2) is 0 Å². The van der Waals surface area contributed by atoms with E-state index in [9.17, 15) is 14.0 Å². The van der Waals surface area contributed by atoms with E-state index in [1.54, 1.807) is 36.0 Å². The van der Waals surface area contributed by atoms with Crippen molar-refractivity contribution in [1.82, 2.24) is 14.4 Å². The van der Waals surface area contributed by atoms with E-state index >= 15 is 0 Å². The van der Waals surface area contributed by atoms with Crippen LogP contribution in [0.1, 0.15) is 23.7 Å². The van der Waals surface area contributed by atoms with Gasteiger partial charge in [-0.2, -0.15) is 0 Å². The number of likely N-dealkylation sites (tertiary alicyclic amines) is 1. The second-order valence-electron chi connectivity index (χ2n) is 6.62. The van der Waals surface area contributed by atoms with Gasteiger partial charge in [-0.3, -0.25) is 9.59 Å². The maximum atomic E-state index is 13.2. The van der Waals surface area contributed by atoms with E-state index in [1.807, 2.05) is 29.9 Å². The monoisotopic (exact) mass is 343 g/mol. The van der Waals surface area contributed by atoms with Gasteiger partial charge in [-0.1, -0.05) is 12.1 Å². The van der Waals surface area contributed by atoms with Crippen molar-refractivity contribution < 1.29 is 14.0 Å². The van der Waals surface area contributed by atoms with Crippen LogP contribution in [0.25, 0.3) is 0 Å². The van der Waals surface area contributed by atoms with Crippen LogP contribution in [0.4, 0.5) is 4.39 Å². The second kappa shape index (κ2) is 6.70. The lowest BCUT2D eigenvalue weighted by atomic mass is 9.92. The molecule has 2 atom stereocenters. The van der Waals surface area contributed by atoms with Crippen molar-refractivity contribution in [1.29, 1.82) is 0 Å². The van der Waals surface area contributed by atoms with Gasteiger partial charge in [0.1, 0.15) is 5.82 Å². The standard InChI is InChI=1S/C19H22FN3O2/c1-21-10-4-5-15(21)12-22(2)19(25)16-11-17(24)23(3)18(16)13-6-8-14(20)9-7-13/h4-10,16,18H,11-12H2,1-3H3/t16-,18+/m0/s1. The van der Waals surface area contributed by atoms with Crippen LogP contribution in [-0.2, 0) is 23.2 Å². The highest BCUT2D eigenvalue weighted by Gasteiger charge is 2.43. The highest BCUT2D eigenvalue weighted by Crippen LogP contribution is 2.38. The molecule has 6 heteroatoms. The Morgan fingerprint density at radius 3 is 2.52 bits per heavy atom. The molecule has 2 amide bonds. The molecule has 25 heavy (non-hydrogen) atoms. The Hall–Kier alpha value is -2.63. The zero-order valence-corrected chi connectivity index (χ0v) is 14.6. The van der Waals surface area contributed by atoms with E-state index in [0.29, 0.717) is 6.54 Å². The Morgan fingerprint density at radius 1 is 1.24 bits per heavy atom. The molecule has 0 bridgehead atoms. The van der Waals surface area contributed by atoms with Gasteiger partial charge in [0.2, 0.25) is 11.8 Å². The van der Waals surface area contributed by atoms with Crippen molar-refractivity contribution in [3.63, 3.8) is 0 Å². The van der Waals surface area contributed by atoms with Gasteiger partial charge < -0.3 is 14.4 Å². The third-order valence-electron chi connectivity index (χ3n) is 4.94. The first-order chi connectivity index (χ1) is 11.9. The predicted molar refractivity (Wildman–Crippen MR) is 91.9 cm³/mol. The number of rotatable bonds is 4. The summed E-state index contributed by atoms with van der Waals surface area (Å²) in [4.78, 5) is 28.4. The van der Waals surface area contributed by atoms with Crippen molar-refractivity contribution in [2.75, 3.05) is 14.1 Å². The number of aromatic nitrogens is 1. The molecule has 1 aromatic carbocycles. The van der Waals surface area contributed by atoms with Gasteiger partial charge in [-0.25, -0.2) is 4.39 Å². The van der Waals surface area contributed by atoms with Crippen LogP contribution < -0.4 is 0 Å². The van der Waals surface area contributed by atoms with E-state index in [2.05, 4.69) is 0 Å². The fourth-order valence-corrected chi connectivity index (χ4v) is 3.47. The Kier molecular flexibility index (Phi) is 4.61. The summed E-state index contributed by atoms with van der Waals surface area (Å²) in [6, 6.07) is 9.55. The van der Waals surface area contributed by atoms with Crippen molar-refractivity contribution in [3.8, 4) is 0 Å². The van der Waals surface area contributed by atoms with Crippen LogP contribution >= 0.6 is 0 Å². The number of halogens is 1. The Bertz CT molecular complexity index is 784. The highest BCUT2D eigenvalue weighted by molar-refractivity contribution is 5.90. The average molecular weight is 343 g/mol. The molecule has 0 saturated carbocycles. The van der Waals surface area contributed by atoms with Crippen LogP contribution in [-0.4, -0.2) is 40.3 Å². The van der Waals surface area contributed by atoms with E-state index in [1.165, 1.54) is 12.1 Å². The molecule has 1 aliphatic heterocycles. The third-order valence-corrected chi connectivity index (χ3v) is 4.94. The first kappa shape index (κ1) is 17.2. The number of amides is 2. The van der Waals surface area contributed by atoms with E-state index < -0.39 is 5.92 Å². The number of nitrogens with zero attached hydrogens (tertiary/aromatic N) is 3. The summed E-state index contributed by atoms with van der Waals surface area (Å²) in [6.07, 6.45) is 2.11. The molecule has 5 nitrogen and oxygen atoms in total. The lowest BCUT2D eigenvalue weighted by Crippen LogP contribution is -2.36. The topological polar surface area (TPSA) is 45.6 Å². The van der Waals surface area contributed by atoms with E-state index in [-0.39, 0.29) is 30.1 Å². The summed E-state index contributed by atoms with van der Waals surface area (Å²) < 4.78 is 15.2. The van der Waals surface area contributed by atoms with Gasteiger partial charge in [0.05, 0.1) is 18.5 Å². The Labute approximate surface area is 146 Å². The molecule has 1 aromatic heterocycles. The van der Waals surface area contributed by atoms with Gasteiger partial charge in [-0.05, 0) is 29.8 Å². The molecule has 0 unspecified atom stereocenters. The minimum absolute atomic E-state index is 0.0695. The van der Waals surface area contributed by atoms with Crippen LogP contribution in [0.3, 0.4) is 0 Å². The largest absolute Gasteiger partial charge is 0.353 e. The summed E-state index contributed by atoms with van der Waals surface area (Å²) in [6.45, 7) is 0.479. The van der Waals surface area contributed by atoms with Crippen molar-refractivity contribution in [3.05, 3.63) is 59.7 Å². The average Bonchev–Trinajstić information content (AvgIpc) is 3.12. The Morgan fingerprint density at radius 2 is 1.92 bits per heavy atom. The molecule has 0 N–H and O–H groups in total. The summed E-state index contributed by atoms with van der Waals surface area (Å²) in [5.74, 6) is -0.944. The lowest BCUT2D eigenvalue weighted by molar-refractivity contribution is -0.135. The predicted octanol–water partition coefficient (Wildman–Crippen LogP) is 2.34. The summed E-state index contributed by atoms with van der Waals surface area (Å²) in [5.41, 5.74) is 1.80. The maximum Gasteiger partial charge on any atom is 0.228 e. The number of hydrogen-bond donors (Lipinski definition) is 0. The fraction of sp³-hybridized carbons (Fsp3) is 0.368. The van der Waals surface area contributed by atoms with E-state index in [0.717, 1.165) is 11.3 Å². The normalized spacial score (nSPS) is 20.2. The zero-order chi connectivity index (χ0) is 18.1. The molecular weight excluding hydrogens is 321 g/mol.